The van der Waals surface area contributed by atoms with Crippen molar-refractivity contribution >= 4 is 39.4 Å². The average Bonchev–Trinajstić information content (AvgIpc) is 2.85. The minimum atomic E-state index is -0.377. The average molecular weight is 243 g/mol. The molecule has 0 bridgehead atoms. The lowest BCUT2D eigenvalue weighted by atomic mass is 10.1. The number of cyclic esters (lactones) is 1. The second-order valence-electron chi connectivity index (χ2n) is 3.74. The van der Waals surface area contributed by atoms with E-state index in [-0.39, 0.29) is 5.97 Å². The van der Waals surface area contributed by atoms with Crippen molar-refractivity contribution in [2.24, 2.45) is 4.99 Å². The molecule has 17 heavy (non-hydrogen) atoms. The van der Waals surface area contributed by atoms with Crippen molar-refractivity contribution in [1.29, 1.82) is 0 Å². The smallest absolute Gasteiger partial charge is 0.363 e. The number of hydrogen-bond acceptors (Lipinski definition) is 4. The minimum Gasteiger partial charge on any atom is -0.407 e. The highest BCUT2D eigenvalue weighted by atomic mass is 32.1. The summed E-state index contributed by atoms with van der Waals surface area (Å²) in [5.41, 5.74) is 1.38. The Kier molecular flexibility index (Phi) is 2.30. The summed E-state index contributed by atoms with van der Waals surface area (Å²) in [6, 6.07) is 8.08. The van der Waals surface area contributed by atoms with Crippen LogP contribution in [0.25, 0.3) is 16.2 Å². The Morgan fingerprint density at radius 2 is 2.18 bits per heavy atom. The van der Waals surface area contributed by atoms with Gasteiger partial charge in [-0.1, -0.05) is 18.2 Å². The number of fused-ring (bicyclic) bond motifs is 1. The quantitative estimate of drug-likeness (QED) is 0.569. The molecule has 0 spiro atoms. The van der Waals surface area contributed by atoms with Crippen LogP contribution in [0.2, 0.25) is 0 Å². The highest BCUT2D eigenvalue weighted by molar-refractivity contribution is 7.17. The summed E-state index contributed by atoms with van der Waals surface area (Å²) in [6.07, 6.45) is 1.78. The van der Waals surface area contributed by atoms with Crippen LogP contribution in [0.5, 0.6) is 0 Å². The summed E-state index contributed by atoms with van der Waals surface area (Å²) in [4.78, 5) is 15.5. The molecule has 0 unspecified atom stereocenters. The Labute approximate surface area is 102 Å². The largest absolute Gasteiger partial charge is 0.407 e. The summed E-state index contributed by atoms with van der Waals surface area (Å²) in [7, 11) is 0. The Bertz CT molecular complexity index is 667. The molecule has 2 aromatic rings. The van der Waals surface area contributed by atoms with Crippen molar-refractivity contribution in [2.75, 3.05) is 0 Å². The fourth-order valence-corrected chi connectivity index (χ4v) is 2.69. The van der Waals surface area contributed by atoms with Crippen LogP contribution in [0.1, 0.15) is 12.5 Å². The van der Waals surface area contributed by atoms with Crippen molar-refractivity contribution in [3.05, 3.63) is 40.9 Å². The lowest BCUT2D eigenvalue weighted by molar-refractivity contribution is -0.130. The zero-order valence-electron chi connectivity index (χ0n) is 9.14. The predicted octanol–water partition coefficient (Wildman–Crippen LogP) is 3.22. The minimum absolute atomic E-state index is 0.367. The molecule has 84 valence electrons. The predicted molar refractivity (Wildman–Crippen MR) is 69.0 cm³/mol. The van der Waals surface area contributed by atoms with Crippen LogP contribution in [0.3, 0.4) is 0 Å². The number of carbonyl (C=O) groups is 1. The molecule has 4 heteroatoms. The van der Waals surface area contributed by atoms with Gasteiger partial charge in [0.25, 0.3) is 0 Å². The number of rotatable bonds is 1. The zero-order chi connectivity index (χ0) is 11.8. The van der Waals surface area contributed by atoms with Crippen molar-refractivity contribution in [1.82, 2.24) is 0 Å². The van der Waals surface area contributed by atoms with Crippen LogP contribution in [0, 0.1) is 0 Å². The first-order chi connectivity index (χ1) is 8.24. The van der Waals surface area contributed by atoms with Crippen LogP contribution in [-0.2, 0) is 9.53 Å². The fourth-order valence-electron chi connectivity index (χ4n) is 1.77. The number of aliphatic imine (C=N–C) groups is 1. The molecule has 0 saturated heterocycles. The van der Waals surface area contributed by atoms with Gasteiger partial charge in [-0.2, -0.15) is 0 Å². The molecule has 1 aromatic heterocycles. The van der Waals surface area contributed by atoms with E-state index in [9.17, 15) is 4.79 Å². The normalized spacial score (nSPS) is 17.6. The van der Waals surface area contributed by atoms with Gasteiger partial charge in [-0.15, -0.1) is 11.3 Å². The Balaban J connectivity index is 2.11. The first-order valence-corrected chi connectivity index (χ1v) is 6.07. The van der Waals surface area contributed by atoms with E-state index in [1.807, 2.05) is 23.6 Å². The molecule has 0 amide bonds. The molecule has 2 heterocycles. The third kappa shape index (κ3) is 1.76. The molecular formula is C13H9NO2S. The van der Waals surface area contributed by atoms with Crippen LogP contribution < -0.4 is 0 Å². The molecule has 0 aliphatic carbocycles. The van der Waals surface area contributed by atoms with Gasteiger partial charge in [-0.3, -0.25) is 0 Å². The van der Waals surface area contributed by atoms with Crippen molar-refractivity contribution in [3.8, 4) is 0 Å². The van der Waals surface area contributed by atoms with Gasteiger partial charge in [-0.05, 0) is 28.5 Å². The van der Waals surface area contributed by atoms with Crippen LogP contribution >= 0.6 is 11.3 Å². The van der Waals surface area contributed by atoms with Crippen molar-refractivity contribution in [2.45, 2.75) is 6.92 Å². The van der Waals surface area contributed by atoms with E-state index >= 15 is 0 Å². The molecular weight excluding hydrogens is 234 g/mol. The number of ether oxygens (including phenoxy) is 1. The number of benzene rings is 1. The lowest BCUT2D eigenvalue weighted by Gasteiger charge is -1.92. The van der Waals surface area contributed by atoms with Gasteiger partial charge in [0.05, 0.1) is 0 Å². The Morgan fingerprint density at radius 1 is 1.35 bits per heavy atom. The topological polar surface area (TPSA) is 38.7 Å². The zero-order valence-corrected chi connectivity index (χ0v) is 9.95. The van der Waals surface area contributed by atoms with Gasteiger partial charge in [0.15, 0.2) is 11.6 Å². The van der Waals surface area contributed by atoms with E-state index in [2.05, 4.69) is 11.1 Å². The number of nitrogens with zero attached hydrogens (tertiary/aromatic N) is 1. The Morgan fingerprint density at radius 3 is 2.94 bits per heavy atom. The summed E-state index contributed by atoms with van der Waals surface area (Å²) in [5, 5.41) is 3.16. The van der Waals surface area contributed by atoms with Crippen LogP contribution in [0.15, 0.2) is 40.3 Å². The molecule has 3 nitrogen and oxygen atoms in total. The van der Waals surface area contributed by atoms with E-state index in [1.54, 1.807) is 24.3 Å². The lowest BCUT2D eigenvalue weighted by Crippen LogP contribution is -1.99. The molecule has 0 radical (unpaired) electrons. The molecule has 1 aliphatic rings. The molecule has 0 saturated carbocycles. The summed E-state index contributed by atoms with van der Waals surface area (Å²) >= 11 is 1.65. The highest BCUT2D eigenvalue weighted by Gasteiger charge is 2.19. The van der Waals surface area contributed by atoms with Gasteiger partial charge in [0.1, 0.15) is 0 Å². The maximum atomic E-state index is 11.4. The number of thiophene rings is 1. The van der Waals surface area contributed by atoms with Gasteiger partial charge >= 0.3 is 5.97 Å². The third-order valence-corrected chi connectivity index (χ3v) is 3.51. The monoisotopic (exact) mass is 243 g/mol. The van der Waals surface area contributed by atoms with Gasteiger partial charge in [-0.25, -0.2) is 9.79 Å². The molecule has 0 fully saturated rings. The van der Waals surface area contributed by atoms with Gasteiger partial charge < -0.3 is 4.74 Å². The molecule has 3 rings (SSSR count). The number of hydrogen-bond donors (Lipinski definition) is 0. The first kappa shape index (κ1) is 10.2. The summed E-state index contributed by atoms with van der Waals surface area (Å²) in [6.45, 7) is 1.67. The highest BCUT2D eigenvalue weighted by Crippen LogP contribution is 2.28. The summed E-state index contributed by atoms with van der Waals surface area (Å²) < 4.78 is 6.08. The standard InChI is InChI=1S/C13H9NO2S/c1-8-14-11(13(15)16-8)6-9-7-17-12-5-3-2-4-10(9)12/h2-7H,1H3/b11-6-. The van der Waals surface area contributed by atoms with Gasteiger partial charge in [0.2, 0.25) is 0 Å². The molecule has 1 aliphatic heterocycles. The summed E-state index contributed by atoms with van der Waals surface area (Å²) in [5.74, 6) is 0.0265. The van der Waals surface area contributed by atoms with E-state index in [0.717, 1.165) is 10.9 Å². The SMILES string of the molecule is CC1=N/C(=C\c2csc3ccccc23)C(=O)O1. The van der Waals surface area contributed by atoms with Crippen LogP contribution in [0.4, 0.5) is 0 Å². The Hall–Kier alpha value is -1.94. The maximum Gasteiger partial charge on any atom is 0.363 e. The van der Waals surface area contributed by atoms with Crippen LogP contribution in [-0.4, -0.2) is 11.9 Å². The number of carbonyl (C=O) groups excluding carboxylic acids is 1. The van der Waals surface area contributed by atoms with E-state index in [4.69, 9.17) is 4.74 Å². The first-order valence-electron chi connectivity index (χ1n) is 5.19. The van der Waals surface area contributed by atoms with E-state index in [0.29, 0.717) is 11.6 Å². The number of esters is 1. The second-order valence-corrected chi connectivity index (χ2v) is 4.65. The molecule has 0 atom stereocenters. The van der Waals surface area contributed by atoms with Gasteiger partial charge in [0, 0.05) is 11.6 Å². The molecule has 1 aromatic carbocycles. The van der Waals surface area contributed by atoms with E-state index in [1.165, 1.54) is 4.70 Å². The second kappa shape index (κ2) is 3.82. The molecule has 0 N–H and O–H groups in total. The third-order valence-electron chi connectivity index (χ3n) is 2.53. The van der Waals surface area contributed by atoms with E-state index < -0.39 is 0 Å². The fraction of sp³-hybridized carbons (Fsp3) is 0.0769. The van der Waals surface area contributed by atoms with Crippen molar-refractivity contribution < 1.29 is 9.53 Å². The maximum absolute atomic E-state index is 11.4. The van der Waals surface area contributed by atoms with Crippen molar-refractivity contribution in [3.63, 3.8) is 0 Å².